The SMILES string of the molecule is C/C=C/[C@H]1CCC[C@@H]([C@H]2CCC[C@@H](CCCc3ccccc3)O2)O1. The van der Waals surface area contributed by atoms with Crippen LogP contribution in [-0.2, 0) is 15.9 Å². The van der Waals surface area contributed by atoms with Crippen molar-refractivity contribution in [3.8, 4) is 0 Å². The molecule has 2 heterocycles. The fraction of sp³-hybridized carbons (Fsp3) is 0.636. The molecule has 2 aliphatic heterocycles. The highest BCUT2D eigenvalue weighted by atomic mass is 16.6. The predicted molar refractivity (Wildman–Crippen MR) is 99.2 cm³/mol. The minimum Gasteiger partial charge on any atom is -0.372 e. The van der Waals surface area contributed by atoms with Crippen LogP contribution in [0.1, 0.15) is 63.9 Å². The van der Waals surface area contributed by atoms with Gasteiger partial charge in [-0.1, -0.05) is 42.5 Å². The highest BCUT2D eigenvalue weighted by Crippen LogP contribution is 2.31. The Labute approximate surface area is 147 Å². The smallest absolute Gasteiger partial charge is 0.0844 e. The molecule has 0 N–H and O–H groups in total. The first kappa shape index (κ1) is 17.7. The largest absolute Gasteiger partial charge is 0.372 e. The normalized spacial score (nSPS) is 31.4. The molecule has 2 saturated heterocycles. The third-order valence-electron chi connectivity index (χ3n) is 5.37. The minimum absolute atomic E-state index is 0.302. The van der Waals surface area contributed by atoms with Crippen molar-refractivity contribution in [1.29, 1.82) is 0 Å². The van der Waals surface area contributed by atoms with E-state index < -0.39 is 0 Å². The van der Waals surface area contributed by atoms with Crippen molar-refractivity contribution in [3.05, 3.63) is 48.0 Å². The van der Waals surface area contributed by atoms with Gasteiger partial charge in [0.2, 0.25) is 0 Å². The average molecular weight is 328 g/mol. The van der Waals surface area contributed by atoms with Gasteiger partial charge in [-0.15, -0.1) is 0 Å². The van der Waals surface area contributed by atoms with E-state index in [1.807, 2.05) is 0 Å². The van der Waals surface area contributed by atoms with Gasteiger partial charge in [0.1, 0.15) is 0 Å². The van der Waals surface area contributed by atoms with E-state index in [1.165, 1.54) is 44.1 Å². The molecule has 24 heavy (non-hydrogen) atoms. The van der Waals surface area contributed by atoms with Gasteiger partial charge in [-0.3, -0.25) is 0 Å². The lowest BCUT2D eigenvalue weighted by molar-refractivity contribution is -0.151. The van der Waals surface area contributed by atoms with Gasteiger partial charge in [-0.05, 0) is 70.3 Å². The van der Waals surface area contributed by atoms with Crippen molar-refractivity contribution in [2.45, 2.75) is 89.1 Å². The predicted octanol–water partition coefficient (Wildman–Crippen LogP) is 5.46. The molecular formula is C22H32O2. The van der Waals surface area contributed by atoms with Gasteiger partial charge >= 0.3 is 0 Å². The van der Waals surface area contributed by atoms with Crippen LogP contribution in [0.2, 0.25) is 0 Å². The molecule has 0 spiro atoms. The molecule has 0 unspecified atom stereocenters. The molecule has 0 saturated carbocycles. The van der Waals surface area contributed by atoms with E-state index in [0.717, 1.165) is 19.3 Å². The van der Waals surface area contributed by atoms with E-state index in [2.05, 4.69) is 49.4 Å². The first-order valence-electron chi connectivity index (χ1n) is 9.83. The van der Waals surface area contributed by atoms with E-state index in [0.29, 0.717) is 24.4 Å². The second-order valence-electron chi connectivity index (χ2n) is 7.27. The maximum absolute atomic E-state index is 6.44. The molecule has 0 aliphatic carbocycles. The Hall–Kier alpha value is -1.12. The van der Waals surface area contributed by atoms with E-state index in [1.54, 1.807) is 0 Å². The molecule has 132 valence electrons. The lowest BCUT2D eigenvalue weighted by Gasteiger charge is -2.38. The van der Waals surface area contributed by atoms with Crippen LogP contribution in [0.4, 0.5) is 0 Å². The first-order valence-corrected chi connectivity index (χ1v) is 9.83. The number of hydrogen-bond donors (Lipinski definition) is 0. The molecule has 0 bridgehead atoms. The zero-order valence-corrected chi connectivity index (χ0v) is 15.0. The molecule has 1 aromatic carbocycles. The summed E-state index contributed by atoms with van der Waals surface area (Å²) in [6.07, 6.45) is 16.5. The highest BCUT2D eigenvalue weighted by molar-refractivity contribution is 5.14. The summed E-state index contributed by atoms with van der Waals surface area (Å²) in [5.74, 6) is 0. The van der Waals surface area contributed by atoms with Crippen LogP contribution in [-0.4, -0.2) is 24.4 Å². The second kappa shape index (κ2) is 9.39. The molecule has 3 rings (SSSR count). The van der Waals surface area contributed by atoms with E-state index in [9.17, 15) is 0 Å². The molecule has 2 fully saturated rings. The Morgan fingerprint density at radius 1 is 0.958 bits per heavy atom. The van der Waals surface area contributed by atoms with E-state index in [-0.39, 0.29) is 0 Å². The summed E-state index contributed by atoms with van der Waals surface area (Å²) in [6.45, 7) is 2.08. The number of hydrogen-bond acceptors (Lipinski definition) is 2. The molecular weight excluding hydrogens is 296 g/mol. The standard InChI is InChI=1S/C22H32O2/c1-2-9-19-14-7-16-21(23-19)22-17-8-15-20(24-22)13-6-12-18-10-4-3-5-11-18/h2-5,9-11,19-22H,6-8,12-17H2,1H3/b9-2+/t19-,20+,21-,22+/m0/s1. The number of ether oxygens (including phenoxy) is 2. The van der Waals surface area contributed by atoms with E-state index >= 15 is 0 Å². The van der Waals surface area contributed by atoms with E-state index in [4.69, 9.17) is 9.47 Å². The minimum atomic E-state index is 0.302. The molecule has 4 atom stereocenters. The second-order valence-corrected chi connectivity index (χ2v) is 7.27. The number of benzene rings is 1. The summed E-state index contributed by atoms with van der Waals surface area (Å²) in [4.78, 5) is 0. The lowest BCUT2D eigenvalue weighted by atomic mass is 9.93. The van der Waals surface area contributed by atoms with Gasteiger partial charge in [-0.2, -0.15) is 0 Å². The summed E-state index contributed by atoms with van der Waals surface area (Å²) >= 11 is 0. The monoisotopic (exact) mass is 328 g/mol. The summed E-state index contributed by atoms with van der Waals surface area (Å²) < 4.78 is 12.7. The van der Waals surface area contributed by atoms with Crippen LogP contribution in [0.15, 0.2) is 42.5 Å². The van der Waals surface area contributed by atoms with Crippen molar-refractivity contribution in [1.82, 2.24) is 0 Å². The molecule has 2 aliphatic rings. The Bertz CT molecular complexity index is 496. The number of rotatable bonds is 6. The summed E-state index contributed by atoms with van der Waals surface area (Å²) in [6, 6.07) is 10.8. The third kappa shape index (κ3) is 5.19. The molecule has 2 heteroatoms. The topological polar surface area (TPSA) is 18.5 Å². The number of aryl methyl sites for hydroxylation is 1. The summed E-state index contributed by atoms with van der Waals surface area (Å²) in [7, 11) is 0. The molecule has 2 nitrogen and oxygen atoms in total. The Balaban J connectivity index is 1.44. The van der Waals surface area contributed by atoms with Gasteiger partial charge in [0.25, 0.3) is 0 Å². The maximum Gasteiger partial charge on any atom is 0.0844 e. The highest BCUT2D eigenvalue weighted by Gasteiger charge is 2.32. The zero-order chi connectivity index (χ0) is 16.6. The van der Waals surface area contributed by atoms with Gasteiger partial charge in [0.15, 0.2) is 0 Å². The van der Waals surface area contributed by atoms with Crippen molar-refractivity contribution < 1.29 is 9.47 Å². The third-order valence-corrected chi connectivity index (χ3v) is 5.37. The fourth-order valence-electron chi connectivity index (χ4n) is 4.10. The van der Waals surface area contributed by atoms with Gasteiger partial charge in [0.05, 0.1) is 24.4 Å². The maximum atomic E-state index is 6.44. The fourth-order valence-corrected chi connectivity index (χ4v) is 4.10. The molecule has 0 radical (unpaired) electrons. The van der Waals surface area contributed by atoms with Crippen LogP contribution in [0.25, 0.3) is 0 Å². The molecule has 0 aromatic heterocycles. The van der Waals surface area contributed by atoms with Gasteiger partial charge < -0.3 is 9.47 Å². The summed E-state index contributed by atoms with van der Waals surface area (Å²) in [5, 5.41) is 0. The number of allylic oxidation sites excluding steroid dienone is 1. The quantitative estimate of drug-likeness (QED) is 0.645. The van der Waals surface area contributed by atoms with Crippen molar-refractivity contribution >= 4 is 0 Å². The van der Waals surface area contributed by atoms with Crippen LogP contribution in [0.5, 0.6) is 0 Å². The van der Waals surface area contributed by atoms with Gasteiger partial charge in [-0.25, -0.2) is 0 Å². The first-order chi connectivity index (χ1) is 11.8. The van der Waals surface area contributed by atoms with Crippen molar-refractivity contribution in [3.63, 3.8) is 0 Å². The van der Waals surface area contributed by atoms with Gasteiger partial charge in [0, 0.05) is 0 Å². The Morgan fingerprint density at radius 2 is 1.71 bits per heavy atom. The van der Waals surface area contributed by atoms with Crippen LogP contribution in [0.3, 0.4) is 0 Å². The van der Waals surface area contributed by atoms with Crippen LogP contribution < -0.4 is 0 Å². The Morgan fingerprint density at radius 3 is 2.50 bits per heavy atom. The molecule has 0 amide bonds. The Kier molecular flexibility index (Phi) is 6.92. The average Bonchev–Trinajstić information content (AvgIpc) is 2.63. The lowest BCUT2D eigenvalue weighted by Crippen LogP contribution is -2.41. The van der Waals surface area contributed by atoms with Crippen molar-refractivity contribution in [2.24, 2.45) is 0 Å². The summed E-state index contributed by atoms with van der Waals surface area (Å²) in [5.41, 5.74) is 1.44. The van der Waals surface area contributed by atoms with Crippen molar-refractivity contribution in [2.75, 3.05) is 0 Å². The molecule has 1 aromatic rings. The zero-order valence-electron chi connectivity index (χ0n) is 15.0. The van der Waals surface area contributed by atoms with Crippen LogP contribution >= 0.6 is 0 Å². The van der Waals surface area contributed by atoms with Crippen LogP contribution in [0, 0.1) is 0 Å².